The summed E-state index contributed by atoms with van der Waals surface area (Å²) in [4.78, 5) is 5.12. The van der Waals surface area contributed by atoms with Gasteiger partial charge in [-0.15, -0.1) is 0 Å². The fourth-order valence-electron chi connectivity index (χ4n) is 6.40. The second kappa shape index (κ2) is 15.3. The van der Waals surface area contributed by atoms with Gasteiger partial charge in [0.2, 0.25) is 0 Å². The summed E-state index contributed by atoms with van der Waals surface area (Å²) in [5.74, 6) is 0. The summed E-state index contributed by atoms with van der Waals surface area (Å²) >= 11 is 3.81. The van der Waals surface area contributed by atoms with E-state index in [2.05, 4.69) is 95.9 Å². The van der Waals surface area contributed by atoms with Crippen molar-refractivity contribution in [2.75, 3.05) is 39.3 Å². The summed E-state index contributed by atoms with van der Waals surface area (Å²) in [5.41, 5.74) is 6.28. The average molecular weight is 556 g/mol. The molecule has 0 aliphatic heterocycles. The SMILES string of the molecule is CCN(CC)CCCCCCC1(CCCCCCN(CC)CC)c2ccccc2-c2ccc(Br)cc21. The van der Waals surface area contributed by atoms with Crippen molar-refractivity contribution >= 4 is 15.9 Å². The van der Waals surface area contributed by atoms with Gasteiger partial charge in [0.1, 0.15) is 0 Å². The smallest absolute Gasteiger partial charge is 0.0215 e. The van der Waals surface area contributed by atoms with E-state index in [-0.39, 0.29) is 5.41 Å². The molecule has 2 aromatic rings. The van der Waals surface area contributed by atoms with Crippen molar-refractivity contribution < 1.29 is 0 Å². The Labute approximate surface area is 231 Å². The molecule has 0 aromatic heterocycles. The van der Waals surface area contributed by atoms with E-state index in [1.807, 2.05) is 0 Å². The molecule has 200 valence electrons. The molecule has 0 N–H and O–H groups in total. The summed E-state index contributed by atoms with van der Waals surface area (Å²) in [7, 11) is 0. The predicted octanol–water partition coefficient (Wildman–Crippen LogP) is 9.30. The fourth-order valence-corrected chi connectivity index (χ4v) is 6.76. The molecular weight excluding hydrogens is 504 g/mol. The minimum atomic E-state index is 0.174. The van der Waals surface area contributed by atoms with Crippen molar-refractivity contribution in [2.24, 2.45) is 0 Å². The van der Waals surface area contributed by atoms with Crippen LogP contribution in [0.1, 0.15) is 103 Å². The van der Waals surface area contributed by atoms with Crippen molar-refractivity contribution in [2.45, 2.75) is 97.3 Å². The Hall–Kier alpha value is -1.16. The zero-order valence-electron chi connectivity index (χ0n) is 23.6. The summed E-state index contributed by atoms with van der Waals surface area (Å²) in [6.07, 6.45) is 13.3. The van der Waals surface area contributed by atoms with Crippen LogP contribution in [-0.4, -0.2) is 49.1 Å². The average Bonchev–Trinajstić information content (AvgIpc) is 3.17. The van der Waals surface area contributed by atoms with Crippen molar-refractivity contribution in [3.05, 3.63) is 58.1 Å². The molecule has 0 saturated heterocycles. The molecule has 0 atom stereocenters. The van der Waals surface area contributed by atoms with Crippen LogP contribution in [0.2, 0.25) is 0 Å². The lowest BCUT2D eigenvalue weighted by atomic mass is 9.70. The molecule has 3 heteroatoms. The number of hydrogen-bond donors (Lipinski definition) is 0. The van der Waals surface area contributed by atoms with E-state index in [1.165, 1.54) is 119 Å². The molecule has 0 bridgehead atoms. The third-order valence-electron chi connectivity index (χ3n) is 8.67. The van der Waals surface area contributed by atoms with E-state index in [1.54, 1.807) is 11.1 Å². The Morgan fingerprint density at radius 2 is 1.08 bits per heavy atom. The number of unbranched alkanes of at least 4 members (excludes halogenated alkanes) is 6. The predicted molar refractivity (Wildman–Crippen MR) is 162 cm³/mol. The van der Waals surface area contributed by atoms with E-state index in [9.17, 15) is 0 Å². The van der Waals surface area contributed by atoms with Crippen molar-refractivity contribution in [3.8, 4) is 11.1 Å². The number of rotatable bonds is 18. The Morgan fingerprint density at radius 3 is 1.64 bits per heavy atom. The Kier molecular flexibility index (Phi) is 12.5. The zero-order valence-corrected chi connectivity index (χ0v) is 25.2. The van der Waals surface area contributed by atoms with Crippen LogP contribution < -0.4 is 0 Å². The number of nitrogens with zero attached hydrogens (tertiary/aromatic N) is 2. The summed E-state index contributed by atoms with van der Waals surface area (Å²) in [5, 5.41) is 0. The number of hydrogen-bond acceptors (Lipinski definition) is 2. The van der Waals surface area contributed by atoms with Gasteiger partial charge in [-0.1, -0.05) is 112 Å². The highest BCUT2D eigenvalue weighted by Gasteiger charge is 2.42. The molecule has 0 radical (unpaired) electrons. The minimum Gasteiger partial charge on any atom is -0.304 e. The van der Waals surface area contributed by atoms with Gasteiger partial charge in [-0.25, -0.2) is 0 Å². The highest BCUT2D eigenvalue weighted by atomic mass is 79.9. The molecule has 2 nitrogen and oxygen atoms in total. The van der Waals surface area contributed by atoms with Crippen LogP contribution in [0.3, 0.4) is 0 Å². The van der Waals surface area contributed by atoms with Crippen LogP contribution in [0.25, 0.3) is 11.1 Å². The molecule has 0 spiro atoms. The Balaban J connectivity index is 1.68. The third-order valence-corrected chi connectivity index (χ3v) is 9.17. The quantitative estimate of drug-likeness (QED) is 0.169. The Bertz CT molecular complexity index is 876. The van der Waals surface area contributed by atoms with E-state index in [4.69, 9.17) is 0 Å². The molecule has 0 unspecified atom stereocenters. The maximum absolute atomic E-state index is 3.81. The van der Waals surface area contributed by atoms with Gasteiger partial charge in [-0.05, 0) is 99.3 Å². The maximum atomic E-state index is 3.81. The van der Waals surface area contributed by atoms with Gasteiger partial charge in [-0.3, -0.25) is 0 Å². The van der Waals surface area contributed by atoms with Gasteiger partial charge < -0.3 is 9.80 Å². The number of benzene rings is 2. The summed E-state index contributed by atoms with van der Waals surface area (Å²) in [6.45, 7) is 16.3. The summed E-state index contributed by atoms with van der Waals surface area (Å²) in [6, 6.07) is 16.3. The minimum absolute atomic E-state index is 0.174. The van der Waals surface area contributed by atoms with Crippen LogP contribution in [0, 0.1) is 0 Å². The fraction of sp³-hybridized carbons (Fsp3) is 0.636. The Morgan fingerprint density at radius 1 is 0.583 bits per heavy atom. The van der Waals surface area contributed by atoms with Crippen molar-refractivity contribution in [1.29, 1.82) is 0 Å². The third kappa shape index (κ3) is 7.45. The highest BCUT2D eigenvalue weighted by molar-refractivity contribution is 9.10. The molecule has 0 amide bonds. The van der Waals surface area contributed by atoms with E-state index in [0.29, 0.717) is 0 Å². The zero-order chi connectivity index (χ0) is 25.8. The van der Waals surface area contributed by atoms with Crippen LogP contribution >= 0.6 is 15.9 Å². The van der Waals surface area contributed by atoms with Gasteiger partial charge in [-0.2, -0.15) is 0 Å². The highest BCUT2D eigenvalue weighted by Crippen LogP contribution is 2.54. The van der Waals surface area contributed by atoms with Crippen LogP contribution in [0.15, 0.2) is 46.9 Å². The first kappa shape index (κ1) is 29.4. The molecule has 2 aromatic carbocycles. The lowest BCUT2D eigenvalue weighted by molar-refractivity contribution is 0.292. The standard InChI is InChI=1S/C33H51BrN2/c1-5-35(6-2)25-17-11-9-15-23-33(24-16-10-12-18-26-36(7-3)8-4)31-20-14-13-19-29(31)30-22-21-28(34)27-32(30)33/h13-14,19-22,27H,5-12,15-18,23-26H2,1-4H3. The first-order valence-corrected chi connectivity index (χ1v) is 15.7. The molecule has 0 saturated carbocycles. The molecule has 0 fully saturated rings. The van der Waals surface area contributed by atoms with Gasteiger partial charge in [0.05, 0.1) is 0 Å². The van der Waals surface area contributed by atoms with Gasteiger partial charge in [0, 0.05) is 9.89 Å². The van der Waals surface area contributed by atoms with Gasteiger partial charge in [0.25, 0.3) is 0 Å². The maximum Gasteiger partial charge on any atom is 0.0215 e. The van der Waals surface area contributed by atoms with Crippen molar-refractivity contribution in [3.63, 3.8) is 0 Å². The molecule has 1 aliphatic carbocycles. The second-order valence-corrected chi connectivity index (χ2v) is 11.6. The van der Waals surface area contributed by atoms with Gasteiger partial charge >= 0.3 is 0 Å². The van der Waals surface area contributed by atoms with E-state index >= 15 is 0 Å². The first-order chi connectivity index (χ1) is 17.6. The lowest BCUT2D eigenvalue weighted by Crippen LogP contribution is -2.26. The van der Waals surface area contributed by atoms with E-state index < -0.39 is 0 Å². The van der Waals surface area contributed by atoms with E-state index in [0.717, 1.165) is 0 Å². The van der Waals surface area contributed by atoms with Crippen molar-refractivity contribution in [1.82, 2.24) is 9.80 Å². The van der Waals surface area contributed by atoms with Crippen LogP contribution in [0.4, 0.5) is 0 Å². The van der Waals surface area contributed by atoms with Crippen LogP contribution in [0.5, 0.6) is 0 Å². The van der Waals surface area contributed by atoms with Gasteiger partial charge in [0.15, 0.2) is 0 Å². The first-order valence-electron chi connectivity index (χ1n) is 14.9. The number of fused-ring (bicyclic) bond motifs is 3. The topological polar surface area (TPSA) is 6.48 Å². The van der Waals surface area contributed by atoms with Crippen LogP contribution in [-0.2, 0) is 5.41 Å². The lowest BCUT2D eigenvalue weighted by Gasteiger charge is -2.33. The largest absolute Gasteiger partial charge is 0.304 e. The normalized spacial score (nSPS) is 14.0. The molecule has 0 heterocycles. The molecule has 1 aliphatic rings. The number of halogens is 1. The molecule has 36 heavy (non-hydrogen) atoms. The second-order valence-electron chi connectivity index (χ2n) is 10.7. The summed E-state index contributed by atoms with van der Waals surface area (Å²) < 4.78 is 1.22. The monoisotopic (exact) mass is 554 g/mol. The molecule has 3 rings (SSSR count). The molecular formula is C33H51BrN2.